The van der Waals surface area contributed by atoms with Crippen molar-refractivity contribution in [3.05, 3.63) is 129 Å². The van der Waals surface area contributed by atoms with Crippen molar-refractivity contribution in [2.45, 2.75) is 17.1 Å². The molecule has 0 saturated carbocycles. The minimum absolute atomic E-state index is 0.0576. The number of thioether (sulfide) groups is 1. The van der Waals surface area contributed by atoms with E-state index in [0.29, 0.717) is 21.8 Å². The molecule has 0 heterocycles. The average Bonchev–Trinajstić information content (AvgIpc) is 3.00. The van der Waals surface area contributed by atoms with Crippen molar-refractivity contribution in [2.75, 3.05) is 10.6 Å². The van der Waals surface area contributed by atoms with Gasteiger partial charge in [0.15, 0.2) is 0 Å². The van der Waals surface area contributed by atoms with E-state index in [0.717, 1.165) is 0 Å². The molecule has 0 aliphatic rings. The lowest BCUT2D eigenvalue weighted by Crippen LogP contribution is -2.30. The first kappa shape index (κ1) is 32.3. The summed E-state index contributed by atoms with van der Waals surface area (Å²) in [6.07, 6.45) is 1.17. The fourth-order valence-corrected chi connectivity index (χ4v) is 5.10. The van der Waals surface area contributed by atoms with Gasteiger partial charge in [-0.1, -0.05) is 47.5 Å². The van der Waals surface area contributed by atoms with Gasteiger partial charge in [0, 0.05) is 27.4 Å². The summed E-state index contributed by atoms with van der Waals surface area (Å²) in [7, 11) is 0. The molecule has 0 bridgehead atoms. The number of anilines is 2. The van der Waals surface area contributed by atoms with Crippen LogP contribution >= 0.6 is 35.0 Å². The van der Waals surface area contributed by atoms with Crippen LogP contribution in [0.25, 0.3) is 6.08 Å². The highest BCUT2D eigenvalue weighted by molar-refractivity contribution is 8.00. The van der Waals surface area contributed by atoms with E-state index in [1.807, 2.05) is 0 Å². The third-order valence-corrected chi connectivity index (χ3v) is 7.85. The molecule has 0 aliphatic heterocycles. The lowest BCUT2D eigenvalue weighted by Gasteiger charge is -2.14. The van der Waals surface area contributed by atoms with Gasteiger partial charge in [0.2, 0.25) is 5.91 Å². The van der Waals surface area contributed by atoms with Gasteiger partial charge in [-0.15, -0.1) is 11.8 Å². The molecule has 0 spiro atoms. The molecule has 0 saturated heterocycles. The minimum atomic E-state index is -1.21. The number of carbonyl (C=O) groups is 4. The molecule has 1 unspecified atom stereocenters. The zero-order chi connectivity index (χ0) is 31.8. The molecule has 0 aliphatic carbocycles. The Kier molecular flexibility index (Phi) is 10.8. The Hall–Kier alpha value is -4.64. The maximum absolute atomic E-state index is 14.5. The van der Waals surface area contributed by atoms with E-state index in [2.05, 4.69) is 16.0 Å². The van der Waals surface area contributed by atoms with E-state index >= 15 is 0 Å². The Morgan fingerprint density at radius 1 is 0.841 bits per heavy atom. The number of hydrogen-bond acceptors (Lipinski definition) is 5. The van der Waals surface area contributed by atoms with Gasteiger partial charge in [0.05, 0.1) is 20.9 Å². The molecule has 4 aromatic rings. The van der Waals surface area contributed by atoms with Crippen molar-refractivity contribution in [3.63, 3.8) is 0 Å². The average molecular weight is 653 g/mol. The van der Waals surface area contributed by atoms with Crippen molar-refractivity contribution in [2.24, 2.45) is 0 Å². The highest BCUT2D eigenvalue weighted by Gasteiger charge is 2.19. The van der Waals surface area contributed by atoms with Crippen LogP contribution in [0.1, 0.15) is 33.2 Å². The topological polar surface area (TPSA) is 125 Å². The maximum Gasteiger partial charge on any atom is 0.337 e. The number of halogens is 3. The van der Waals surface area contributed by atoms with E-state index in [4.69, 9.17) is 23.2 Å². The van der Waals surface area contributed by atoms with Gasteiger partial charge in [-0.05, 0) is 79.7 Å². The maximum atomic E-state index is 14.5. The third kappa shape index (κ3) is 8.47. The Morgan fingerprint density at radius 3 is 2.18 bits per heavy atom. The SMILES string of the molecule is CC(Sc1ccc(NC(=O)/C(=C/c2c(F)cccc2Cl)NC(=O)c2ccccc2)cc1)C(=O)Nc1ccc(Cl)c(C(=O)O)c1. The van der Waals surface area contributed by atoms with Gasteiger partial charge in [-0.25, -0.2) is 9.18 Å². The van der Waals surface area contributed by atoms with Crippen LogP contribution in [0, 0.1) is 5.82 Å². The second-order valence-electron chi connectivity index (χ2n) is 9.24. The van der Waals surface area contributed by atoms with Gasteiger partial charge in [-0.2, -0.15) is 0 Å². The molecule has 4 N–H and O–H groups in total. The summed E-state index contributed by atoms with van der Waals surface area (Å²) in [5.41, 5.74) is 0.536. The molecular weight excluding hydrogens is 628 g/mol. The van der Waals surface area contributed by atoms with Crippen LogP contribution in [-0.4, -0.2) is 34.0 Å². The standard InChI is InChI=1S/C32H24Cl2FN3O5S/c1-18(29(39)37-21-12-15-26(34)24(16-21)32(42)43)44-22-13-10-20(11-14-22)36-31(41)28(17-23-25(33)8-5-9-27(23)35)38-30(40)19-6-3-2-4-7-19/h2-18H,1H3,(H,36,41)(H,37,39)(H,38,40)(H,42,43)/b28-17-. The number of aromatic carboxylic acids is 1. The summed E-state index contributed by atoms with van der Waals surface area (Å²) in [5, 5.41) is 16.7. The molecule has 4 aromatic carbocycles. The molecule has 0 radical (unpaired) electrons. The van der Waals surface area contributed by atoms with E-state index < -0.39 is 28.9 Å². The lowest BCUT2D eigenvalue weighted by atomic mass is 10.1. The first-order chi connectivity index (χ1) is 21.0. The number of carboxylic acid groups (broad SMARTS) is 1. The normalized spacial score (nSPS) is 11.8. The van der Waals surface area contributed by atoms with Crippen LogP contribution in [0.2, 0.25) is 10.0 Å². The zero-order valence-electron chi connectivity index (χ0n) is 22.9. The molecule has 3 amide bonds. The molecular formula is C32H24Cl2FN3O5S. The molecule has 8 nitrogen and oxygen atoms in total. The minimum Gasteiger partial charge on any atom is -0.478 e. The van der Waals surface area contributed by atoms with Crippen molar-refractivity contribution in [3.8, 4) is 0 Å². The number of benzene rings is 4. The van der Waals surface area contributed by atoms with Crippen LogP contribution in [-0.2, 0) is 9.59 Å². The molecule has 12 heteroatoms. The summed E-state index contributed by atoms with van der Waals surface area (Å²) >= 11 is 13.3. The van der Waals surface area contributed by atoms with Gasteiger partial charge >= 0.3 is 5.97 Å². The molecule has 44 heavy (non-hydrogen) atoms. The summed E-state index contributed by atoms with van der Waals surface area (Å²) in [4.78, 5) is 50.8. The van der Waals surface area contributed by atoms with Crippen molar-refractivity contribution in [1.29, 1.82) is 0 Å². The third-order valence-electron chi connectivity index (χ3n) is 6.08. The summed E-state index contributed by atoms with van der Waals surface area (Å²) in [5.74, 6) is -3.53. The Labute approximate surface area is 266 Å². The predicted octanol–water partition coefficient (Wildman–Crippen LogP) is 7.36. The second kappa shape index (κ2) is 14.7. The number of carboxylic acids is 1. The largest absolute Gasteiger partial charge is 0.478 e. The first-order valence-corrected chi connectivity index (χ1v) is 14.6. The predicted molar refractivity (Wildman–Crippen MR) is 171 cm³/mol. The summed E-state index contributed by atoms with van der Waals surface area (Å²) in [6, 6.07) is 23.1. The number of amides is 3. The molecule has 224 valence electrons. The molecule has 4 rings (SSSR count). The molecule has 0 aromatic heterocycles. The van der Waals surface area contributed by atoms with Gasteiger partial charge in [0.1, 0.15) is 11.5 Å². The second-order valence-corrected chi connectivity index (χ2v) is 11.5. The Bertz CT molecular complexity index is 1730. The van der Waals surface area contributed by atoms with Crippen LogP contribution in [0.5, 0.6) is 0 Å². The number of nitrogens with one attached hydrogen (secondary N) is 3. The fourth-order valence-electron chi connectivity index (χ4n) is 3.82. The number of carbonyl (C=O) groups excluding carboxylic acids is 3. The molecule has 1 atom stereocenters. The van der Waals surface area contributed by atoms with Crippen LogP contribution in [0.3, 0.4) is 0 Å². The van der Waals surface area contributed by atoms with Gasteiger partial charge in [-0.3, -0.25) is 14.4 Å². The smallest absolute Gasteiger partial charge is 0.337 e. The molecule has 0 fully saturated rings. The number of hydrogen-bond donors (Lipinski definition) is 4. The van der Waals surface area contributed by atoms with E-state index in [9.17, 15) is 28.7 Å². The highest BCUT2D eigenvalue weighted by atomic mass is 35.5. The van der Waals surface area contributed by atoms with Gasteiger partial charge < -0.3 is 21.1 Å². The quantitative estimate of drug-likeness (QED) is 0.105. The zero-order valence-corrected chi connectivity index (χ0v) is 25.3. The monoisotopic (exact) mass is 651 g/mol. The lowest BCUT2D eigenvalue weighted by molar-refractivity contribution is -0.115. The van der Waals surface area contributed by atoms with Crippen LogP contribution in [0.4, 0.5) is 15.8 Å². The van der Waals surface area contributed by atoms with E-state index in [-0.39, 0.29) is 32.8 Å². The van der Waals surface area contributed by atoms with Crippen molar-refractivity contribution < 1.29 is 28.7 Å². The Balaban J connectivity index is 1.45. The van der Waals surface area contributed by atoms with Crippen LogP contribution in [0.15, 0.2) is 102 Å². The van der Waals surface area contributed by atoms with Gasteiger partial charge in [0.25, 0.3) is 11.8 Å². The van der Waals surface area contributed by atoms with E-state index in [1.54, 1.807) is 61.5 Å². The highest BCUT2D eigenvalue weighted by Crippen LogP contribution is 2.27. The van der Waals surface area contributed by atoms with Crippen LogP contribution < -0.4 is 16.0 Å². The van der Waals surface area contributed by atoms with E-state index in [1.165, 1.54) is 54.2 Å². The fraction of sp³-hybridized carbons (Fsp3) is 0.0625. The van der Waals surface area contributed by atoms with Crippen molar-refractivity contribution in [1.82, 2.24) is 5.32 Å². The number of rotatable bonds is 10. The summed E-state index contributed by atoms with van der Waals surface area (Å²) < 4.78 is 14.5. The Morgan fingerprint density at radius 2 is 1.52 bits per heavy atom. The van der Waals surface area contributed by atoms with Crippen molar-refractivity contribution >= 4 is 76.1 Å². The summed E-state index contributed by atoms with van der Waals surface area (Å²) in [6.45, 7) is 1.68. The first-order valence-electron chi connectivity index (χ1n) is 13.0.